The summed E-state index contributed by atoms with van der Waals surface area (Å²) < 4.78 is 0. The van der Waals surface area contributed by atoms with Gasteiger partial charge in [-0.15, -0.1) is 0 Å². The summed E-state index contributed by atoms with van der Waals surface area (Å²) in [7, 11) is 0. The molecule has 6 nitrogen and oxygen atoms in total. The van der Waals surface area contributed by atoms with E-state index in [2.05, 4.69) is 5.73 Å². The molecule has 0 heterocycles. The SMILES string of the molecule is N#CCCC(=O)O.NC(=O)O. The van der Waals surface area contributed by atoms with E-state index in [9.17, 15) is 4.79 Å². The minimum absolute atomic E-state index is 0.0451. The van der Waals surface area contributed by atoms with Gasteiger partial charge in [0.05, 0.1) is 12.5 Å². The van der Waals surface area contributed by atoms with Crippen molar-refractivity contribution in [2.24, 2.45) is 5.73 Å². The van der Waals surface area contributed by atoms with Gasteiger partial charge in [-0.3, -0.25) is 4.79 Å². The van der Waals surface area contributed by atoms with Crippen LogP contribution in [0.5, 0.6) is 0 Å². The van der Waals surface area contributed by atoms with Crippen LogP contribution in [-0.4, -0.2) is 22.3 Å². The normalized spacial score (nSPS) is 6.82. The van der Waals surface area contributed by atoms with Gasteiger partial charge in [0, 0.05) is 6.42 Å². The Hall–Kier alpha value is -1.77. The number of nitrogens with two attached hydrogens (primary N) is 1. The largest absolute Gasteiger partial charge is 0.481 e. The number of primary amides is 1. The fourth-order valence-electron chi connectivity index (χ4n) is 0.163. The number of nitriles is 1. The van der Waals surface area contributed by atoms with Crippen molar-refractivity contribution in [3.05, 3.63) is 0 Å². The molecule has 0 aliphatic rings. The topological polar surface area (TPSA) is 124 Å². The van der Waals surface area contributed by atoms with Crippen molar-refractivity contribution in [3.8, 4) is 6.07 Å². The summed E-state index contributed by atoms with van der Waals surface area (Å²) >= 11 is 0. The van der Waals surface area contributed by atoms with E-state index in [0.29, 0.717) is 0 Å². The number of rotatable bonds is 2. The zero-order valence-corrected chi connectivity index (χ0v) is 5.65. The first kappa shape index (κ1) is 12.0. The van der Waals surface area contributed by atoms with Gasteiger partial charge in [0.15, 0.2) is 0 Å². The third kappa shape index (κ3) is 64.2. The van der Waals surface area contributed by atoms with Crippen LogP contribution in [0.2, 0.25) is 0 Å². The van der Waals surface area contributed by atoms with Crippen LogP contribution in [0.1, 0.15) is 12.8 Å². The summed E-state index contributed by atoms with van der Waals surface area (Å²) in [6.45, 7) is 0. The highest BCUT2D eigenvalue weighted by Gasteiger charge is 1.91. The number of carbonyl (C=O) groups is 2. The number of aliphatic carboxylic acids is 1. The second-order valence-corrected chi connectivity index (χ2v) is 1.39. The lowest BCUT2D eigenvalue weighted by Gasteiger charge is -1.78. The van der Waals surface area contributed by atoms with Crippen molar-refractivity contribution in [1.29, 1.82) is 5.26 Å². The second-order valence-electron chi connectivity index (χ2n) is 1.39. The number of amides is 1. The van der Waals surface area contributed by atoms with Crippen LogP contribution >= 0.6 is 0 Å². The average Bonchev–Trinajstić information content (AvgIpc) is 1.82. The zero-order valence-electron chi connectivity index (χ0n) is 5.65. The maximum Gasteiger partial charge on any atom is 0.402 e. The summed E-state index contributed by atoms with van der Waals surface area (Å²) in [6.07, 6.45) is -1.27. The lowest BCUT2D eigenvalue weighted by molar-refractivity contribution is -0.136. The van der Waals surface area contributed by atoms with Crippen molar-refractivity contribution in [1.82, 2.24) is 0 Å². The van der Waals surface area contributed by atoms with E-state index < -0.39 is 12.1 Å². The lowest BCUT2D eigenvalue weighted by atomic mass is 10.3. The third-order valence-corrected chi connectivity index (χ3v) is 0.451. The van der Waals surface area contributed by atoms with Crippen molar-refractivity contribution >= 4 is 12.1 Å². The average molecular weight is 160 g/mol. The van der Waals surface area contributed by atoms with Gasteiger partial charge in [-0.25, -0.2) is 4.79 Å². The highest BCUT2D eigenvalue weighted by atomic mass is 16.4. The molecule has 0 saturated carbocycles. The Kier molecular flexibility index (Phi) is 8.95. The molecule has 0 bridgehead atoms. The molecule has 0 aromatic carbocycles. The van der Waals surface area contributed by atoms with Crippen molar-refractivity contribution in [2.45, 2.75) is 12.8 Å². The standard InChI is InChI=1S/C4H5NO2.CH3NO2/c5-3-1-2-4(6)7;2-1(3)4/h1-2H2,(H,6,7);2H2,(H,3,4). The van der Waals surface area contributed by atoms with Gasteiger partial charge in [0.25, 0.3) is 0 Å². The summed E-state index contributed by atoms with van der Waals surface area (Å²) in [5.41, 5.74) is 4.03. The summed E-state index contributed by atoms with van der Waals surface area (Å²) in [4.78, 5) is 18.4. The Morgan fingerprint density at radius 3 is 1.91 bits per heavy atom. The molecule has 0 rings (SSSR count). The van der Waals surface area contributed by atoms with E-state index in [1.54, 1.807) is 6.07 Å². The number of carboxylic acid groups (broad SMARTS) is 2. The summed E-state index contributed by atoms with van der Waals surface area (Å²) in [6, 6.07) is 1.72. The summed E-state index contributed by atoms with van der Waals surface area (Å²) in [5.74, 6) is -0.915. The fourth-order valence-corrected chi connectivity index (χ4v) is 0.163. The molecule has 0 aliphatic carbocycles. The maximum atomic E-state index is 9.61. The van der Waals surface area contributed by atoms with Crippen LogP contribution < -0.4 is 5.73 Å². The van der Waals surface area contributed by atoms with E-state index in [1.807, 2.05) is 0 Å². The van der Waals surface area contributed by atoms with Gasteiger partial charge in [-0.2, -0.15) is 5.26 Å². The van der Waals surface area contributed by atoms with Gasteiger partial charge in [0.1, 0.15) is 0 Å². The molecule has 11 heavy (non-hydrogen) atoms. The Morgan fingerprint density at radius 2 is 1.82 bits per heavy atom. The van der Waals surface area contributed by atoms with Crippen molar-refractivity contribution in [3.63, 3.8) is 0 Å². The van der Waals surface area contributed by atoms with Crippen LogP contribution in [-0.2, 0) is 4.79 Å². The Balaban J connectivity index is 0. The molecule has 0 saturated heterocycles. The lowest BCUT2D eigenvalue weighted by Crippen LogP contribution is -2.03. The van der Waals surface area contributed by atoms with Gasteiger partial charge in [0.2, 0.25) is 0 Å². The van der Waals surface area contributed by atoms with Crippen LogP contribution in [0.25, 0.3) is 0 Å². The van der Waals surface area contributed by atoms with E-state index in [-0.39, 0.29) is 12.8 Å². The Morgan fingerprint density at radius 1 is 1.45 bits per heavy atom. The van der Waals surface area contributed by atoms with Gasteiger partial charge in [-0.1, -0.05) is 0 Å². The molecule has 0 radical (unpaired) electrons. The smallest absolute Gasteiger partial charge is 0.402 e. The number of carboxylic acids is 1. The van der Waals surface area contributed by atoms with Gasteiger partial charge >= 0.3 is 12.1 Å². The summed E-state index contributed by atoms with van der Waals surface area (Å²) in [5, 5.41) is 22.9. The predicted molar refractivity (Wildman–Crippen MR) is 34.7 cm³/mol. The molecule has 0 spiro atoms. The molecule has 0 aromatic heterocycles. The quantitative estimate of drug-likeness (QED) is 0.524. The van der Waals surface area contributed by atoms with Crippen molar-refractivity contribution < 1.29 is 19.8 Å². The predicted octanol–water partition coefficient (Wildman–Crippen LogP) is -0.00212. The van der Waals surface area contributed by atoms with E-state index >= 15 is 0 Å². The molecule has 4 N–H and O–H groups in total. The van der Waals surface area contributed by atoms with E-state index in [1.165, 1.54) is 0 Å². The van der Waals surface area contributed by atoms with E-state index in [0.717, 1.165) is 0 Å². The molecule has 62 valence electrons. The maximum absolute atomic E-state index is 9.61. The molecule has 0 fully saturated rings. The number of hydrogen-bond donors (Lipinski definition) is 3. The fraction of sp³-hybridized carbons (Fsp3) is 0.400. The highest BCUT2D eigenvalue weighted by Crippen LogP contribution is 1.82. The molecule has 0 unspecified atom stereocenters. The number of hydrogen-bond acceptors (Lipinski definition) is 3. The second kappa shape index (κ2) is 8.23. The molecular formula is C5H8N2O4. The highest BCUT2D eigenvalue weighted by molar-refractivity contribution is 5.66. The van der Waals surface area contributed by atoms with Crippen molar-refractivity contribution in [2.75, 3.05) is 0 Å². The third-order valence-electron chi connectivity index (χ3n) is 0.451. The molecule has 0 aromatic rings. The monoisotopic (exact) mass is 160 g/mol. The molecule has 0 aliphatic heterocycles. The van der Waals surface area contributed by atoms with Crippen LogP contribution in [0, 0.1) is 11.3 Å². The first-order chi connectivity index (χ1) is 5.00. The van der Waals surface area contributed by atoms with Crippen LogP contribution in [0.4, 0.5) is 4.79 Å². The van der Waals surface area contributed by atoms with Crippen LogP contribution in [0.15, 0.2) is 0 Å². The van der Waals surface area contributed by atoms with E-state index in [4.69, 9.17) is 20.3 Å². The zero-order chi connectivity index (χ0) is 9.28. The minimum atomic E-state index is -1.33. The molecular weight excluding hydrogens is 152 g/mol. The molecule has 1 amide bonds. The first-order valence-electron chi connectivity index (χ1n) is 2.57. The molecule has 6 heteroatoms. The Labute approximate surface area is 62.8 Å². The van der Waals surface area contributed by atoms with Gasteiger partial charge < -0.3 is 15.9 Å². The minimum Gasteiger partial charge on any atom is -0.481 e. The molecule has 0 atom stereocenters. The first-order valence-corrected chi connectivity index (χ1v) is 2.57. The van der Waals surface area contributed by atoms with Crippen LogP contribution in [0.3, 0.4) is 0 Å². The number of nitrogens with zero attached hydrogens (tertiary/aromatic N) is 1. The Bertz CT molecular complexity index is 168. The van der Waals surface area contributed by atoms with Gasteiger partial charge in [-0.05, 0) is 0 Å².